The van der Waals surface area contributed by atoms with Crippen LogP contribution in [0.15, 0.2) is 12.1 Å². The monoisotopic (exact) mass is 222 g/mol. The number of aromatic nitrogens is 1. The molecule has 0 aromatic carbocycles. The minimum absolute atomic E-state index is 0.0786. The third-order valence-electron chi connectivity index (χ3n) is 2.62. The molecule has 0 saturated carbocycles. The lowest BCUT2D eigenvalue weighted by Crippen LogP contribution is -2.20. The molecule has 1 N–H and O–H groups in total. The first-order chi connectivity index (χ1) is 7.58. The van der Waals surface area contributed by atoms with E-state index in [-0.39, 0.29) is 6.61 Å². The Bertz CT molecular complexity index is 337. The predicted octanol–water partition coefficient (Wildman–Crippen LogP) is 2.54. The van der Waals surface area contributed by atoms with Gasteiger partial charge in [-0.15, -0.1) is 0 Å². The summed E-state index contributed by atoms with van der Waals surface area (Å²) in [7, 11) is 2.04. The normalized spacial score (nSPS) is 10.9. The topological polar surface area (TPSA) is 36.4 Å². The van der Waals surface area contributed by atoms with Crippen LogP contribution in [0.5, 0.6) is 0 Å². The summed E-state index contributed by atoms with van der Waals surface area (Å²) in [6.45, 7) is 7.45. The summed E-state index contributed by atoms with van der Waals surface area (Å²) in [6.07, 6.45) is 1.10. The lowest BCUT2D eigenvalue weighted by molar-refractivity contribution is 0.281. The Kier molecular flexibility index (Phi) is 4.74. The van der Waals surface area contributed by atoms with Crippen molar-refractivity contribution < 1.29 is 5.11 Å². The molecule has 90 valence electrons. The smallest absolute Gasteiger partial charge is 0.128 e. The Labute approximate surface area is 98.1 Å². The summed E-state index contributed by atoms with van der Waals surface area (Å²) in [5.74, 6) is 1.34. The van der Waals surface area contributed by atoms with Crippen LogP contribution in [0.3, 0.4) is 0 Å². The van der Waals surface area contributed by atoms with Gasteiger partial charge in [0.1, 0.15) is 5.82 Å². The zero-order valence-corrected chi connectivity index (χ0v) is 10.7. The predicted molar refractivity (Wildman–Crippen MR) is 67.8 cm³/mol. The molecule has 0 saturated heterocycles. The van der Waals surface area contributed by atoms with Crippen LogP contribution in [0.1, 0.15) is 44.4 Å². The lowest BCUT2D eigenvalue weighted by Gasteiger charge is -2.19. The molecule has 0 amide bonds. The molecule has 1 rings (SSSR count). The van der Waals surface area contributed by atoms with Gasteiger partial charge in [0.2, 0.25) is 0 Å². The van der Waals surface area contributed by atoms with Gasteiger partial charge < -0.3 is 10.0 Å². The van der Waals surface area contributed by atoms with Crippen molar-refractivity contribution in [3.8, 4) is 0 Å². The average Bonchev–Trinajstić information content (AvgIpc) is 2.28. The third-order valence-corrected chi connectivity index (χ3v) is 2.62. The van der Waals surface area contributed by atoms with Crippen molar-refractivity contribution in [3.63, 3.8) is 0 Å². The van der Waals surface area contributed by atoms with Gasteiger partial charge in [0.05, 0.1) is 6.61 Å². The van der Waals surface area contributed by atoms with E-state index in [1.54, 1.807) is 0 Å². The molecule has 16 heavy (non-hydrogen) atoms. The van der Waals surface area contributed by atoms with E-state index < -0.39 is 0 Å². The number of pyridine rings is 1. The first kappa shape index (κ1) is 13.0. The Balaban J connectivity index is 3.03. The van der Waals surface area contributed by atoms with Crippen molar-refractivity contribution in [1.82, 2.24) is 4.98 Å². The highest BCUT2D eigenvalue weighted by atomic mass is 16.3. The molecule has 3 nitrogen and oxygen atoms in total. The van der Waals surface area contributed by atoms with Crippen molar-refractivity contribution in [2.45, 2.75) is 39.7 Å². The fourth-order valence-electron chi connectivity index (χ4n) is 1.63. The summed E-state index contributed by atoms with van der Waals surface area (Å²) in [5.41, 5.74) is 1.99. The minimum Gasteiger partial charge on any atom is -0.392 e. The van der Waals surface area contributed by atoms with Crippen LogP contribution in [0.2, 0.25) is 0 Å². The third kappa shape index (κ3) is 3.20. The zero-order chi connectivity index (χ0) is 12.1. The maximum atomic E-state index is 9.23. The van der Waals surface area contributed by atoms with E-state index in [0.29, 0.717) is 5.92 Å². The van der Waals surface area contributed by atoms with Crippen molar-refractivity contribution in [3.05, 3.63) is 23.4 Å². The molecule has 0 fully saturated rings. The summed E-state index contributed by atoms with van der Waals surface area (Å²) in [6, 6.07) is 3.94. The second-order valence-corrected chi connectivity index (χ2v) is 4.49. The highest BCUT2D eigenvalue weighted by molar-refractivity contribution is 5.42. The van der Waals surface area contributed by atoms with Gasteiger partial charge in [-0.3, -0.25) is 0 Å². The fourth-order valence-corrected chi connectivity index (χ4v) is 1.63. The van der Waals surface area contributed by atoms with E-state index >= 15 is 0 Å². The number of aliphatic hydroxyl groups excluding tert-OH is 1. The molecule has 1 aromatic heterocycles. The van der Waals surface area contributed by atoms with Crippen molar-refractivity contribution in [1.29, 1.82) is 0 Å². The SMILES string of the molecule is CCCN(C)c1cc(CO)cc(C(C)C)n1. The highest BCUT2D eigenvalue weighted by Gasteiger charge is 2.08. The number of nitrogens with zero attached hydrogens (tertiary/aromatic N) is 2. The van der Waals surface area contributed by atoms with Crippen molar-refractivity contribution in [2.24, 2.45) is 0 Å². The minimum atomic E-state index is 0.0786. The van der Waals surface area contributed by atoms with Crippen molar-refractivity contribution >= 4 is 5.82 Å². The molecular formula is C13H22N2O. The highest BCUT2D eigenvalue weighted by Crippen LogP contribution is 2.19. The van der Waals surface area contributed by atoms with Crippen LogP contribution in [0.4, 0.5) is 5.82 Å². The molecule has 0 atom stereocenters. The molecule has 0 radical (unpaired) electrons. The van der Waals surface area contributed by atoms with E-state index in [1.165, 1.54) is 0 Å². The van der Waals surface area contributed by atoms with Gasteiger partial charge in [-0.1, -0.05) is 20.8 Å². The number of anilines is 1. The number of aliphatic hydroxyl groups is 1. The van der Waals surface area contributed by atoms with Gasteiger partial charge in [-0.05, 0) is 30.0 Å². The van der Waals surface area contributed by atoms with Gasteiger partial charge in [-0.2, -0.15) is 0 Å². The fraction of sp³-hybridized carbons (Fsp3) is 0.615. The van der Waals surface area contributed by atoms with E-state index in [9.17, 15) is 5.11 Å². The second kappa shape index (κ2) is 5.85. The summed E-state index contributed by atoms with van der Waals surface area (Å²) in [4.78, 5) is 6.74. The summed E-state index contributed by atoms with van der Waals surface area (Å²) in [5, 5.41) is 9.23. The number of rotatable bonds is 5. The molecule has 0 aliphatic carbocycles. The van der Waals surface area contributed by atoms with Gasteiger partial charge in [-0.25, -0.2) is 4.98 Å². The Morgan fingerprint density at radius 1 is 1.38 bits per heavy atom. The van der Waals surface area contributed by atoms with Crippen LogP contribution < -0.4 is 4.90 Å². The maximum Gasteiger partial charge on any atom is 0.128 e. The van der Waals surface area contributed by atoms with Crippen LogP contribution in [-0.2, 0) is 6.61 Å². The first-order valence-electron chi connectivity index (χ1n) is 5.91. The second-order valence-electron chi connectivity index (χ2n) is 4.49. The van der Waals surface area contributed by atoms with Crippen LogP contribution in [0.25, 0.3) is 0 Å². The zero-order valence-electron chi connectivity index (χ0n) is 10.7. The van der Waals surface area contributed by atoms with Gasteiger partial charge in [0.25, 0.3) is 0 Å². The largest absolute Gasteiger partial charge is 0.392 e. The van der Waals surface area contributed by atoms with Gasteiger partial charge >= 0.3 is 0 Å². The molecule has 0 spiro atoms. The van der Waals surface area contributed by atoms with Gasteiger partial charge in [0.15, 0.2) is 0 Å². The van der Waals surface area contributed by atoms with E-state index in [1.807, 2.05) is 19.2 Å². The Morgan fingerprint density at radius 3 is 2.56 bits per heavy atom. The first-order valence-corrected chi connectivity index (χ1v) is 5.91. The Morgan fingerprint density at radius 2 is 2.06 bits per heavy atom. The Hall–Kier alpha value is -1.09. The maximum absolute atomic E-state index is 9.23. The van der Waals surface area contributed by atoms with Gasteiger partial charge in [0, 0.05) is 19.3 Å². The van der Waals surface area contributed by atoms with E-state index in [4.69, 9.17) is 0 Å². The lowest BCUT2D eigenvalue weighted by atomic mass is 10.1. The standard InChI is InChI=1S/C13H22N2O/c1-5-6-15(4)13-8-11(9-16)7-12(14-13)10(2)3/h7-8,10,16H,5-6,9H2,1-4H3. The summed E-state index contributed by atoms with van der Waals surface area (Å²) >= 11 is 0. The molecule has 1 aromatic rings. The van der Waals surface area contributed by atoms with Crippen molar-refractivity contribution in [2.75, 3.05) is 18.5 Å². The molecule has 0 aliphatic rings. The van der Waals surface area contributed by atoms with Crippen LogP contribution in [0, 0.1) is 0 Å². The molecule has 3 heteroatoms. The van der Waals surface area contributed by atoms with E-state index in [0.717, 1.165) is 30.0 Å². The number of hydrogen-bond acceptors (Lipinski definition) is 3. The molecule has 1 heterocycles. The molecule has 0 aliphatic heterocycles. The van der Waals surface area contributed by atoms with Crippen LogP contribution >= 0.6 is 0 Å². The molecule has 0 unspecified atom stereocenters. The quantitative estimate of drug-likeness (QED) is 0.831. The molecule has 0 bridgehead atoms. The van der Waals surface area contributed by atoms with E-state index in [2.05, 4.69) is 30.7 Å². The number of hydrogen-bond donors (Lipinski definition) is 1. The average molecular weight is 222 g/mol. The van der Waals surface area contributed by atoms with Crippen LogP contribution in [-0.4, -0.2) is 23.7 Å². The molecular weight excluding hydrogens is 200 g/mol. The summed E-state index contributed by atoms with van der Waals surface area (Å²) < 4.78 is 0.